The third-order valence-electron chi connectivity index (χ3n) is 4.66. The fourth-order valence-corrected chi connectivity index (χ4v) is 3.13. The normalized spacial score (nSPS) is 13.1. The smallest absolute Gasteiger partial charge is 0.330 e. The van der Waals surface area contributed by atoms with Crippen LogP contribution in [0.5, 0.6) is 11.5 Å². The molecule has 0 spiro atoms. The number of carbonyl (C=O) groups excluding carboxylic acids is 2. The first-order chi connectivity index (χ1) is 13.9. The van der Waals surface area contributed by atoms with Gasteiger partial charge in [0.25, 0.3) is 0 Å². The molecule has 0 saturated heterocycles. The molecule has 0 aromatic heterocycles. The number of carboxylic acids is 1. The van der Waals surface area contributed by atoms with Crippen LogP contribution in [0.3, 0.4) is 0 Å². The summed E-state index contributed by atoms with van der Waals surface area (Å²) in [5.41, 5.74) is 2.03. The lowest BCUT2D eigenvalue weighted by Crippen LogP contribution is -2.33. The lowest BCUT2D eigenvalue weighted by molar-refractivity contribution is -0.142. The van der Waals surface area contributed by atoms with Gasteiger partial charge in [0.15, 0.2) is 11.8 Å². The number of nitrogens with one attached hydrogen (secondary N) is 1. The van der Waals surface area contributed by atoms with E-state index in [0.29, 0.717) is 29.9 Å². The fourth-order valence-electron chi connectivity index (χ4n) is 3.13. The van der Waals surface area contributed by atoms with Crippen molar-refractivity contribution in [2.24, 2.45) is 0 Å². The maximum atomic E-state index is 12.2. The maximum Gasteiger partial charge on any atom is 0.330 e. The third-order valence-corrected chi connectivity index (χ3v) is 4.66. The molecule has 1 heterocycles. The average Bonchev–Trinajstić information content (AvgIpc) is 3.17. The molecule has 0 radical (unpaired) electrons. The van der Waals surface area contributed by atoms with Crippen LogP contribution in [-0.4, -0.2) is 36.0 Å². The Hall–Kier alpha value is -3.35. The van der Waals surface area contributed by atoms with E-state index in [1.807, 2.05) is 0 Å². The first kappa shape index (κ1) is 20.4. The van der Waals surface area contributed by atoms with Crippen LogP contribution in [0, 0.1) is 0 Å². The molecule has 0 fully saturated rings. The molecule has 3 rings (SSSR count). The van der Waals surface area contributed by atoms with Crippen molar-refractivity contribution in [2.45, 2.75) is 32.2 Å². The molecule has 152 valence electrons. The highest BCUT2D eigenvalue weighted by Gasteiger charge is 2.24. The minimum atomic E-state index is -1.12. The molecule has 2 aromatic carbocycles. The highest BCUT2D eigenvalue weighted by Crippen LogP contribution is 2.28. The molecule has 7 nitrogen and oxygen atoms in total. The minimum absolute atomic E-state index is 0.0485. The van der Waals surface area contributed by atoms with Gasteiger partial charge in [-0.1, -0.05) is 18.2 Å². The SMILES string of the molecule is CC(=O)c1cccc(OCCCC(=O)NC(C(=O)O)c2ccc3c(c2)CCO3)c1. The largest absolute Gasteiger partial charge is 0.494 e. The van der Waals surface area contributed by atoms with Crippen molar-refractivity contribution in [1.82, 2.24) is 5.32 Å². The molecular formula is C22H23NO6. The van der Waals surface area contributed by atoms with Gasteiger partial charge in [0.05, 0.1) is 13.2 Å². The Morgan fingerprint density at radius 3 is 2.79 bits per heavy atom. The second-order valence-electron chi connectivity index (χ2n) is 6.84. The lowest BCUT2D eigenvalue weighted by Gasteiger charge is -2.16. The van der Waals surface area contributed by atoms with Crippen molar-refractivity contribution >= 4 is 17.7 Å². The van der Waals surface area contributed by atoms with Crippen molar-refractivity contribution in [3.63, 3.8) is 0 Å². The predicted octanol–water partition coefficient (Wildman–Crippen LogP) is 2.93. The van der Waals surface area contributed by atoms with E-state index >= 15 is 0 Å². The second kappa shape index (κ2) is 9.23. The average molecular weight is 397 g/mol. The molecule has 1 unspecified atom stereocenters. The van der Waals surface area contributed by atoms with E-state index in [1.54, 1.807) is 42.5 Å². The molecule has 29 heavy (non-hydrogen) atoms. The van der Waals surface area contributed by atoms with Crippen LogP contribution in [0.2, 0.25) is 0 Å². The zero-order valence-corrected chi connectivity index (χ0v) is 16.1. The van der Waals surface area contributed by atoms with Gasteiger partial charge in [0, 0.05) is 18.4 Å². The van der Waals surface area contributed by atoms with Gasteiger partial charge in [-0.05, 0) is 48.7 Å². The molecule has 1 atom stereocenters. The number of benzene rings is 2. The summed E-state index contributed by atoms with van der Waals surface area (Å²) >= 11 is 0. The molecule has 2 aromatic rings. The number of carbonyl (C=O) groups is 3. The molecule has 1 aliphatic rings. The van der Waals surface area contributed by atoms with Gasteiger partial charge in [0.2, 0.25) is 5.91 Å². The van der Waals surface area contributed by atoms with Gasteiger partial charge in [-0.2, -0.15) is 0 Å². The number of carboxylic acid groups (broad SMARTS) is 1. The van der Waals surface area contributed by atoms with Gasteiger partial charge in [-0.15, -0.1) is 0 Å². The van der Waals surface area contributed by atoms with E-state index in [2.05, 4.69) is 5.32 Å². The van der Waals surface area contributed by atoms with Crippen LogP contribution >= 0.6 is 0 Å². The van der Waals surface area contributed by atoms with Crippen LogP contribution in [0.25, 0.3) is 0 Å². The van der Waals surface area contributed by atoms with Crippen LogP contribution < -0.4 is 14.8 Å². The van der Waals surface area contributed by atoms with Crippen LogP contribution in [0.1, 0.15) is 47.3 Å². The van der Waals surface area contributed by atoms with E-state index in [4.69, 9.17) is 9.47 Å². The summed E-state index contributed by atoms with van der Waals surface area (Å²) in [4.78, 5) is 35.3. The molecular weight excluding hydrogens is 374 g/mol. The van der Waals surface area contributed by atoms with Gasteiger partial charge in [0.1, 0.15) is 11.5 Å². The molecule has 1 aliphatic heterocycles. The summed E-state index contributed by atoms with van der Waals surface area (Å²) in [6, 6.07) is 10.9. The molecule has 0 saturated carbocycles. The Morgan fingerprint density at radius 1 is 1.21 bits per heavy atom. The summed E-state index contributed by atoms with van der Waals surface area (Å²) in [5, 5.41) is 12.1. The Kier molecular flexibility index (Phi) is 6.49. The zero-order chi connectivity index (χ0) is 20.8. The lowest BCUT2D eigenvalue weighted by atomic mass is 10.0. The number of amides is 1. The van der Waals surface area contributed by atoms with Crippen LogP contribution in [0.15, 0.2) is 42.5 Å². The standard InChI is InChI=1S/C22H23NO6/c1-14(24)15-4-2-5-18(13-15)28-10-3-6-20(25)23-21(22(26)27)17-7-8-19-16(12-17)9-11-29-19/h2,4-5,7-8,12-13,21H,3,6,9-11H2,1H3,(H,23,25)(H,26,27). The summed E-state index contributed by atoms with van der Waals surface area (Å²) in [5.74, 6) is -0.213. The van der Waals surface area contributed by atoms with Crippen molar-refractivity contribution in [3.8, 4) is 11.5 Å². The van der Waals surface area contributed by atoms with E-state index < -0.39 is 12.0 Å². The fraction of sp³-hybridized carbons (Fsp3) is 0.318. The molecule has 0 aliphatic carbocycles. The first-order valence-corrected chi connectivity index (χ1v) is 9.45. The third kappa shape index (κ3) is 5.34. The number of aliphatic carboxylic acids is 1. The number of ether oxygens (including phenoxy) is 2. The minimum Gasteiger partial charge on any atom is -0.494 e. The highest BCUT2D eigenvalue weighted by molar-refractivity contribution is 5.94. The van der Waals surface area contributed by atoms with Crippen LogP contribution in [0.4, 0.5) is 0 Å². The summed E-state index contributed by atoms with van der Waals surface area (Å²) < 4.78 is 11.0. The summed E-state index contributed by atoms with van der Waals surface area (Å²) in [6.45, 7) is 2.34. The topological polar surface area (TPSA) is 102 Å². The summed E-state index contributed by atoms with van der Waals surface area (Å²) in [6.07, 6.45) is 1.27. The second-order valence-corrected chi connectivity index (χ2v) is 6.84. The first-order valence-electron chi connectivity index (χ1n) is 9.45. The van der Waals surface area contributed by atoms with Gasteiger partial charge in [-0.3, -0.25) is 9.59 Å². The number of rotatable bonds is 9. The van der Waals surface area contributed by atoms with Crippen molar-refractivity contribution < 1.29 is 29.0 Å². The number of hydrogen-bond acceptors (Lipinski definition) is 5. The summed E-state index contributed by atoms with van der Waals surface area (Å²) in [7, 11) is 0. The van der Waals surface area contributed by atoms with Crippen molar-refractivity contribution in [3.05, 3.63) is 59.2 Å². The Labute approximate surface area is 168 Å². The zero-order valence-electron chi connectivity index (χ0n) is 16.1. The molecule has 2 N–H and O–H groups in total. The van der Waals surface area contributed by atoms with Gasteiger partial charge < -0.3 is 19.9 Å². The molecule has 7 heteroatoms. The van der Waals surface area contributed by atoms with Gasteiger partial charge in [-0.25, -0.2) is 4.79 Å². The van der Waals surface area contributed by atoms with Crippen LogP contribution in [-0.2, 0) is 16.0 Å². The van der Waals surface area contributed by atoms with Crippen molar-refractivity contribution in [1.29, 1.82) is 0 Å². The molecule has 0 bridgehead atoms. The van der Waals surface area contributed by atoms with Gasteiger partial charge >= 0.3 is 5.97 Å². The van der Waals surface area contributed by atoms with E-state index in [0.717, 1.165) is 17.7 Å². The Balaban J connectivity index is 1.50. The van der Waals surface area contributed by atoms with E-state index in [1.165, 1.54) is 6.92 Å². The highest BCUT2D eigenvalue weighted by atomic mass is 16.5. The quantitative estimate of drug-likeness (QED) is 0.498. The monoisotopic (exact) mass is 397 g/mol. The number of Topliss-reactive ketones (excluding diaryl/α,β-unsaturated/α-hetero) is 1. The van der Waals surface area contributed by atoms with E-state index in [-0.39, 0.29) is 24.7 Å². The van der Waals surface area contributed by atoms with E-state index in [9.17, 15) is 19.5 Å². The predicted molar refractivity (Wildman–Crippen MR) is 105 cm³/mol. The maximum absolute atomic E-state index is 12.2. The Morgan fingerprint density at radius 2 is 2.03 bits per heavy atom. The Bertz CT molecular complexity index is 923. The molecule has 1 amide bonds. The van der Waals surface area contributed by atoms with Crippen molar-refractivity contribution in [2.75, 3.05) is 13.2 Å². The number of hydrogen-bond donors (Lipinski definition) is 2. The number of fused-ring (bicyclic) bond motifs is 1. The number of ketones is 1.